The van der Waals surface area contributed by atoms with Crippen molar-refractivity contribution in [2.24, 2.45) is 11.7 Å². The third-order valence-electron chi connectivity index (χ3n) is 2.63. The molecule has 0 fully saturated rings. The first-order chi connectivity index (χ1) is 6.31. The molecule has 0 bridgehead atoms. The molecule has 1 aliphatic rings. The quantitative estimate of drug-likeness (QED) is 0.715. The molecule has 0 radical (unpaired) electrons. The summed E-state index contributed by atoms with van der Waals surface area (Å²) in [5, 5.41) is 8.32. The SMILES string of the molecule is CC1CCc2nnc(CCN)n2C1. The zero-order valence-corrected chi connectivity index (χ0v) is 8.03. The average molecular weight is 180 g/mol. The lowest BCUT2D eigenvalue weighted by Crippen LogP contribution is -2.21. The van der Waals surface area contributed by atoms with E-state index in [1.165, 1.54) is 6.42 Å². The van der Waals surface area contributed by atoms with Crippen LogP contribution in [0.2, 0.25) is 0 Å². The number of aromatic nitrogens is 3. The fourth-order valence-corrected chi connectivity index (χ4v) is 1.86. The molecular formula is C9H16N4. The zero-order chi connectivity index (χ0) is 9.26. The Labute approximate surface area is 78.1 Å². The molecule has 1 aromatic heterocycles. The van der Waals surface area contributed by atoms with Gasteiger partial charge in [0, 0.05) is 19.4 Å². The van der Waals surface area contributed by atoms with Crippen LogP contribution in [0.15, 0.2) is 0 Å². The van der Waals surface area contributed by atoms with Gasteiger partial charge in [0.25, 0.3) is 0 Å². The van der Waals surface area contributed by atoms with Gasteiger partial charge in [-0.05, 0) is 18.9 Å². The Morgan fingerprint density at radius 1 is 1.54 bits per heavy atom. The standard InChI is InChI=1S/C9H16N4/c1-7-2-3-8-11-12-9(4-5-10)13(8)6-7/h7H,2-6,10H2,1H3. The van der Waals surface area contributed by atoms with Crippen molar-refractivity contribution in [1.82, 2.24) is 14.8 Å². The molecule has 1 atom stereocenters. The second-order valence-corrected chi connectivity index (χ2v) is 3.83. The van der Waals surface area contributed by atoms with Crippen LogP contribution in [0.5, 0.6) is 0 Å². The van der Waals surface area contributed by atoms with Gasteiger partial charge in [0.2, 0.25) is 0 Å². The van der Waals surface area contributed by atoms with Crippen LogP contribution >= 0.6 is 0 Å². The van der Waals surface area contributed by atoms with Gasteiger partial charge in [-0.15, -0.1) is 10.2 Å². The number of hydrogen-bond donors (Lipinski definition) is 1. The smallest absolute Gasteiger partial charge is 0.134 e. The van der Waals surface area contributed by atoms with Gasteiger partial charge in [-0.25, -0.2) is 0 Å². The average Bonchev–Trinajstić information content (AvgIpc) is 2.49. The van der Waals surface area contributed by atoms with Gasteiger partial charge < -0.3 is 10.3 Å². The van der Waals surface area contributed by atoms with E-state index in [4.69, 9.17) is 5.73 Å². The van der Waals surface area contributed by atoms with E-state index in [1.54, 1.807) is 0 Å². The van der Waals surface area contributed by atoms with Crippen LogP contribution in [-0.2, 0) is 19.4 Å². The number of nitrogens with zero attached hydrogens (tertiary/aromatic N) is 3. The number of aryl methyl sites for hydroxylation is 1. The highest BCUT2D eigenvalue weighted by molar-refractivity contribution is 5.00. The van der Waals surface area contributed by atoms with Crippen LogP contribution in [0, 0.1) is 5.92 Å². The molecule has 0 saturated heterocycles. The summed E-state index contributed by atoms with van der Waals surface area (Å²) in [6.45, 7) is 4.00. The van der Waals surface area contributed by atoms with E-state index in [9.17, 15) is 0 Å². The summed E-state index contributed by atoms with van der Waals surface area (Å²) < 4.78 is 2.24. The zero-order valence-electron chi connectivity index (χ0n) is 8.03. The van der Waals surface area contributed by atoms with Gasteiger partial charge >= 0.3 is 0 Å². The maximum absolute atomic E-state index is 5.51. The summed E-state index contributed by atoms with van der Waals surface area (Å²) in [7, 11) is 0. The van der Waals surface area contributed by atoms with Crippen molar-refractivity contribution in [3.8, 4) is 0 Å². The van der Waals surface area contributed by atoms with Crippen molar-refractivity contribution >= 4 is 0 Å². The molecule has 0 aromatic carbocycles. The third kappa shape index (κ3) is 1.58. The van der Waals surface area contributed by atoms with E-state index in [0.717, 1.165) is 37.0 Å². The predicted octanol–water partition coefficient (Wildman–Crippen LogP) is 0.362. The second kappa shape index (κ2) is 3.46. The van der Waals surface area contributed by atoms with E-state index in [2.05, 4.69) is 21.7 Å². The molecule has 2 heterocycles. The van der Waals surface area contributed by atoms with Gasteiger partial charge in [-0.3, -0.25) is 0 Å². The van der Waals surface area contributed by atoms with Gasteiger partial charge in [-0.1, -0.05) is 6.92 Å². The van der Waals surface area contributed by atoms with Gasteiger partial charge in [0.1, 0.15) is 11.6 Å². The van der Waals surface area contributed by atoms with Crippen LogP contribution in [0.4, 0.5) is 0 Å². The molecule has 1 aliphatic heterocycles. The lowest BCUT2D eigenvalue weighted by molar-refractivity contribution is 0.386. The maximum atomic E-state index is 5.51. The van der Waals surface area contributed by atoms with Crippen molar-refractivity contribution in [3.05, 3.63) is 11.6 Å². The van der Waals surface area contributed by atoms with Gasteiger partial charge in [0.05, 0.1) is 0 Å². The van der Waals surface area contributed by atoms with E-state index in [1.807, 2.05) is 0 Å². The highest BCUT2D eigenvalue weighted by atomic mass is 15.3. The van der Waals surface area contributed by atoms with Crippen molar-refractivity contribution in [1.29, 1.82) is 0 Å². The first-order valence-corrected chi connectivity index (χ1v) is 4.92. The molecule has 4 nitrogen and oxygen atoms in total. The fourth-order valence-electron chi connectivity index (χ4n) is 1.86. The Morgan fingerprint density at radius 2 is 2.38 bits per heavy atom. The molecule has 2 N–H and O–H groups in total. The van der Waals surface area contributed by atoms with Crippen LogP contribution in [0.1, 0.15) is 25.0 Å². The lowest BCUT2D eigenvalue weighted by atomic mass is 10.0. The summed E-state index contributed by atoms with van der Waals surface area (Å²) in [5.41, 5.74) is 5.51. The molecule has 13 heavy (non-hydrogen) atoms. The summed E-state index contributed by atoms with van der Waals surface area (Å²) in [6.07, 6.45) is 3.15. The fraction of sp³-hybridized carbons (Fsp3) is 0.778. The highest BCUT2D eigenvalue weighted by Gasteiger charge is 2.19. The monoisotopic (exact) mass is 180 g/mol. The molecule has 0 saturated carbocycles. The van der Waals surface area contributed by atoms with Crippen molar-refractivity contribution in [2.75, 3.05) is 6.54 Å². The number of rotatable bonds is 2. The van der Waals surface area contributed by atoms with Crippen LogP contribution in [0.3, 0.4) is 0 Å². The molecule has 72 valence electrons. The van der Waals surface area contributed by atoms with Crippen molar-refractivity contribution in [3.63, 3.8) is 0 Å². The predicted molar refractivity (Wildman–Crippen MR) is 50.3 cm³/mol. The topological polar surface area (TPSA) is 56.7 Å². The summed E-state index contributed by atoms with van der Waals surface area (Å²) in [6, 6.07) is 0. The Hall–Kier alpha value is -0.900. The number of nitrogens with two attached hydrogens (primary N) is 1. The summed E-state index contributed by atoms with van der Waals surface area (Å²) >= 11 is 0. The summed E-state index contributed by atoms with van der Waals surface area (Å²) in [5.74, 6) is 2.95. The molecule has 0 spiro atoms. The highest BCUT2D eigenvalue weighted by Crippen LogP contribution is 2.19. The van der Waals surface area contributed by atoms with Crippen molar-refractivity contribution in [2.45, 2.75) is 32.7 Å². The molecule has 0 aliphatic carbocycles. The third-order valence-corrected chi connectivity index (χ3v) is 2.63. The Bertz CT molecular complexity index is 292. The Morgan fingerprint density at radius 3 is 3.15 bits per heavy atom. The largest absolute Gasteiger partial charge is 0.330 e. The first kappa shape index (κ1) is 8.69. The first-order valence-electron chi connectivity index (χ1n) is 4.92. The number of fused-ring (bicyclic) bond motifs is 1. The molecule has 0 amide bonds. The van der Waals surface area contributed by atoms with Gasteiger partial charge in [0.15, 0.2) is 0 Å². The second-order valence-electron chi connectivity index (χ2n) is 3.83. The van der Waals surface area contributed by atoms with Crippen molar-refractivity contribution < 1.29 is 0 Å². The van der Waals surface area contributed by atoms with E-state index in [-0.39, 0.29) is 0 Å². The molecule has 1 aromatic rings. The molecule has 2 rings (SSSR count). The maximum Gasteiger partial charge on any atom is 0.134 e. The lowest BCUT2D eigenvalue weighted by Gasteiger charge is -2.20. The minimum atomic E-state index is 0.659. The molecule has 4 heteroatoms. The minimum Gasteiger partial charge on any atom is -0.330 e. The van der Waals surface area contributed by atoms with E-state index >= 15 is 0 Å². The van der Waals surface area contributed by atoms with Crippen LogP contribution < -0.4 is 5.73 Å². The minimum absolute atomic E-state index is 0.659. The van der Waals surface area contributed by atoms with Gasteiger partial charge in [-0.2, -0.15) is 0 Å². The Kier molecular flexibility index (Phi) is 2.31. The Balaban J connectivity index is 2.25. The van der Waals surface area contributed by atoms with E-state index in [0.29, 0.717) is 6.54 Å². The molecule has 1 unspecified atom stereocenters. The number of hydrogen-bond acceptors (Lipinski definition) is 3. The van der Waals surface area contributed by atoms with Crippen LogP contribution in [0.25, 0.3) is 0 Å². The van der Waals surface area contributed by atoms with Crippen LogP contribution in [-0.4, -0.2) is 21.3 Å². The normalized spacial score (nSPS) is 21.5. The molecular weight excluding hydrogens is 164 g/mol. The van der Waals surface area contributed by atoms with E-state index < -0.39 is 0 Å². The summed E-state index contributed by atoms with van der Waals surface area (Å²) in [4.78, 5) is 0.